The van der Waals surface area contributed by atoms with Crippen LogP contribution in [0.3, 0.4) is 0 Å². The van der Waals surface area contributed by atoms with E-state index in [1.165, 1.54) is 35.2 Å². The molecule has 0 unspecified atom stereocenters. The van der Waals surface area contributed by atoms with Crippen LogP contribution >= 0.6 is 23.1 Å². The molecule has 12 heteroatoms. The highest BCUT2D eigenvalue weighted by Crippen LogP contribution is 2.33. The van der Waals surface area contributed by atoms with Gasteiger partial charge in [-0.25, -0.2) is 9.37 Å². The number of benzene rings is 2. The number of aliphatic hydroxyl groups is 1. The minimum atomic E-state index is -0.602. The third-order valence-electron chi connectivity index (χ3n) is 4.19. The molecule has 3 heterocycles. The molecule has 2 N–H and O–H groups in total. The Morgan fingerprint density at radius 3 is 2.94 bits per heavy atom. The highest BCUT2D eigenvalue weighted by atomic mass is 32.2. The Kier molecular flexibility index (Phi) is 5.39. The van der Waals surface area contributed by atoms with E-state index in [1.54, 1.807) is 28.8 Å². The number of nitrogens with zero attached hydrogens (tertiary/aromatic N) is 5. The average Bonchev–Trinajstić information content (AvgIpc) is 3.36. The number of carbonyl (C=O) groups excluding carboxylic acids is 1. The van der Waals surface area contributed by atoms with Crippen LogP contribution in [-0.4, -0.2) is 42.4 Å². The number of hydrogen-bond donors (Lipinski definition) is 2. The number of aliphatic hydroxyl groups excluding tert-OH is 1. The first-order valence-electron chi connectivity index (χ1n) is 9.22. The second-order valence-electron chi connectivity index (χ2n) is 6.44. The monoisotopic (exact) mass is 468 g/mol. The number of halogens is 1. The van der Waals surface area contributed by atoms with Crippen LogP contribution in [-0.2, 0) is 4.79 Å². The van der Waals surface area contributed by atoms with E-state index in [2.05, 4.69) is 25.6 Å². The molecule has 0 aliphatic heterocycles. The molecule has 1 amide bonds. The largest absolute Gasteiger partial charge is 0.437 e. The minimum absolute atomic E-state index is 0.270. The zero-order valence-corrected chi connectivity index (χ0v) is 17.7. The molecule has 3 aromatic heterocycles. The standard InChI is InChI=1S/C20H13FN6O3S2/c21-11-2-1-3-12(8-11)30-18-7-6-16-24-25-20(27(16)26-18)31-13-4-5-14-15(9-13)32-19(22-14)23-17(29)10-28/h1-9,28H,10H2,(H,22,23,29). The maximum atomic E-state index is 13.4. The number of aromatic nitrogens is 5. The molecule has 32 heavy (non-hydrogen) atoms. The van der Waals surface area contributed by atoms with Crippen LogP contribution in [0.15, 0.2) is 64.6 Å². The fourth-order valence-corrected chi connectivity index (χ4v) is 4.63. The second kappa shape index (κ2) is 8.49. The minimum Gasteiger partial charge on any atom is -0.437 e. The smallest absolute Gasteiger partial charge is 0.251 e. The predicted molar refractivity (Wildman–Crippen MR) is 117 cm³/mol. The highest BCUT2D eigenvalue weighted by Gasteiger charge is 2.13. The van der Waals surface area contributed by atoms with E-state index >= 15 is 0 Å². The van der Waals surface area contributed by atoms with Crippen molar-refractivity contribution in [2.75, 3.05) is 11.9 Å². The van der Waals surface area contributed by atoms with Gasteiger partial charge in [0.15, 0.2) is 10.8 Å². The zero-order chi connectivity index (χ0) is 22.1. The van der Waals surface area contributed by atoms with Crippen molar-refractivity contribution < 1.29 is 19.0 Å². The van der Waals surface area contributed by atoms with Gasteiger partial charge in [0.05, 0.1) is 10.2 Å². The van der Waals surface area contributed by atoms with E-state index in [0.717, 1.165) is 15.1 Å². The summed E-state index contributed by atoms with van der Waals surface area (Å²) in [5.74, 6) is -0.316. The third-order valence-corrected chi connectivity index (χ3v) is 6.05. The van der Waals surface area contributed by atoms with Crippen LogP contribution in [0, 0.1) is 5.82 Å². The maximum absolute atomic E-state index is 13.4. The summed E-state index contributed by atoms with van der Waals surface area (Å²) in [6.45, 7) is -0.602. The number of fused-ring (bicyclic) bond motifs is 2. The lowest BCUT2D eigenvalue weighted by atomic mass is 10.3. The van der Waals surface area contributed by atoms with Crippen molar-refractivity contribution in [1.82, 2.24) is 24.8 Å². The normalized spacial score (nSPS) is 11.2. The van der Waals surface area contributed by atoms with Gasteiger partial charge in [-0.3, -0.25) is 10.1 Å². The molecule has 0 saturated heterocycles. The van der Waals surface area contributed by atoms with Gasteiger partial charge in [0.25, 0.3) is 5.91 Å². The summed E-state index contributed by atoms with van der Waals surface area (Å²) in [6.07, 6.45) is 0. The van der Waals surface area contributed by atoms with Crippen molar-refractivity contribution in [3.05, 3.63) is 60.4 Å². The van der Waals surface area contributed by atoms with Crippen molar-refractivity contribution in [3.63, 3.8) is 0 Å². The molecule has 0 fully saturated rings. The van der Waals surface area contributed by atoms with Crippen molar-refractivity contribution in [2.24, 2.45) is 0 Å². The first kappa shape index (κ1) is 20.3. The summed E-state index contributed by atoms with van der Waals surface area (Å²) in [7, 11) is 0. The summed E-state index contributed by atoms with van der Waals surface area (Å²) in [6, 6.07) is 14.8. The lowest BCUT2D eigenvalue weighted by Crippen LogP contribution is -2.14. The van der Waals surface area contributed by atoms with Gasteiger partial charge in [0.1, 0.15) is 18.2 Å². The van der Waals surface area contributed by atoms with Gasteiger partial charge in [-0.15, -0.1) is 15.3 Å². The number of rotatable bonds is 6. The quantitative estimate of drug-likeness (QED) is 0.387. The highest BCUT2D eigenvalue weighted by molar-refractivity contribution is 7.99. The summed E-state index contributed by atoms with van der Waals surface area (Å²) < 4.78 is 21.5. The molecule has 0 spiro atoms. The van der Waals surface area contributed by atoms with Crippen molar-refractivity contribution >= 4 is 50.0 Å². The van der Waals surface area contributed by atoms with Gasteiger partial charge in [0.2, 0.25) is 11.0 Å². The van der Waals surface area contributed by atoms with Crippen molar-refractivity contribution in [3.8, 4) is 11.6 Å². The van der Waals surface area contributed by atoms with Gasteiger partial charge in [-0.05, 0) is 48.2 Å². The van der Waals surface area contributed by atoms with Crippen molar-refractivity contribution in [2.45, 2.75) is 10.1 Å². The van der Waals surface area contributed by atoms with E-state index in [1.807, 2.05) is 18.2 Å². The molecule has 5 aromatic rings. The molecule has 9 nitrogen and oxygen atoms in total. The Morgan fingerprint density at radius 2 is 2.09 bits per heavy atom. The third kappa shape index (κ3) is 4.23. The first-order valence-corrected chi connectivity index (χ1v) is 10.9. The van der Waals surface area contributed by atoms with Gasteiger partial charge >= 0.3 is 0 Å². The van der Waals surface area contributed by atoms with Crippen LogP contribution in [0.1, 0.15) is 0 Å². The molecule has 5 rings (SSSR count). The van der Waals surface area contributed by atoms with Crippen LogP contribution in [0.5, 0.6) is 11.6 Å². The fourth-order valence-electron chi connectivity index (χ4n) is 2.81. The van der Waals surface area contributed by atoms with Gasteiger partial charge in [0, 0.05) is 17.0 Å². The van der Waals surface area contributed by atoms with Crippen molar-refractivity contribution in [1.29, 1.82) is 0 Å². The van der Waals surface area contributed by atoms with Crippen LogP contribution in [0.25, 0.3) is 15.9 Å². The molecule has 0 saturated carbocycles. The van der Waals surface area contributed by atoms with E-state index in [0.29, 0.717) is 21.7 Å². The molecular formula is C20H13FN6O3S2. The Bertz CT molecular complexity index is 1450. The fraction of sp³-hybridized carbons (Fsp3) is 0.0500. The number of carbonyl (C=O) groups is 1. The summed E-state index contributed by atoms with van der Waals surface area (Å²) in [4.78, 5) is 16.6. The Labute approximate surface area is 187 Å². The molecule has 0 radical (unpaired) electrons. The van der Waals surface area contributed by atoms with Crippen LogP contribution in [0.4, 0.5) is 9.52 Å². The molecule has 0 aliphatic rings. The number of amides is 1. The predicted octanol–water partition coefficient (Wildman–Crippen LogP) is 3.75. The molecule has 160 valence electrons. The van der Waals surface area contributed by atoms with Gasteiger partial charge in [-0.1, -0.05) is 17.4 Å². The number of ether oxygens (including phenoxy) is 1. The number of hydrogen-bond acceptors (Lipinski definition) is 9. The molecule has 0 aliphatic carbocycles. The first-order chi connectivity index (χ1) is 15.6. The van der Waals surface area contributed by atoms with E-state index < -0.39 is 18.3 Å². The average molecular weight is 468 g/mol. The molecular weight excluding hydrogens is 455 g/mol. The lowest BCUT2D eigenvalue weighted by molar-refractivity contribution is -0.118. The number of anilines is 1. The molecule has 2 aromatic carbocycles. The van der Waals surface area contributed by atoms with E-state index in [9.17, 15) is 9.18 Å². The lowest BCUT2D eigenvalue weighted by Gasteiger charge is -2.05. The zero-order valence-electron chi connectivity index (χ0n) is 16.1. The maximum Gasteiger partial charge on any atom is 0.251 e. The number of nitrogens with one attached hydrogen (secondary N) is 1. The van der Waals surface area contributed by atoms with Crippen LogP contribution in [0.2, 0.25) is 0 Å². The molecule has 0 bridgehead atoms. The van der Waals surface area contributed by atoms with Gasteiger partial charge < -0.3 is 9.84 Å². The number of thiazole rings is 1. The summed E-state index contributed by atoms with van der Waals surface area (Å²) in [5.41, 5.74) is 1.26. The Balaban J connectivity index is 1.40. The summed E-state index contributed by atoms with van der Waals surface area (Å²) in [5, 5.41) is 25.1. The van der Waals surface area contributed by atoms with Crippen LogP contribution < -0.4 is 10.1 Å². The van der Waals surface area contributed by atoms with E-state index in [4.69, 9.17) is 9.84 Å². The molecule has 0 atom stereocenters. The summed E-state index contributed by atoms with van der Waals surface area (Å²) >= 11 is 2.65. The van der Waals surface area contributed by atoms with E-state index in [-0.39, 0.29) is 5.88 Å². The Morgan fingerprint density at radius 1 is 1.19 bits per heavy atom. The topological polar surface area (TPSA) is 115 Å². The Hall–Kier alpha value is -3.61. The second-order valence-corrected chi connectivity index (χ2v) is 8.51. The van der Waals surface area contributed by atoms with Gasteiger partial charge in [-0.2, -0.15) is 4.52 Å². The SMILES string of the molecule is O=C(CO)Nc1nc2ccc(Sc3nnc4ccc(Oc5cccc(F)c5)nn34)cc2s1.